The van der Waals surface area contributed by atoms with E-state index in [1.807, 2.05) is 56.3 Å². The Kier molecular flexibility index (Phi) is 3.61. The maximum Gasteiger partial charge on any atom is 0.323 e. The van der Waals surface area contributed by atoms with Gasteiger partial charge in [0.25, 0.3) is 0 Å². The van der Waals surface area contributed by atoms with Crippen molar-refractivity contribution in [3.8, 4) is 11.5 Å². The average Bonchev–Trinajstić information content (AvgIpc) is 3.21. The maximum atomic E-state index is 11.3. The van der Waals surface area contributed by atoms with Crippen LogP contribution in [0.5, 0.6) is 0 Å². The molecule has 25 heavy (non-hydrogen) atoms. The van der Waals surface area contributed by atoms with Crippen molar-refractivity contribution in [3.63, 3.8) is 0 Å². The van der Waals surface area contributed by atoms with Crippen molar-refractivity contribution >= 4 is 16.7 Å². The van der Waals surface area contributed by atoms with Crippen molar-refractivity contribution in [2.24, 2.45) is 0 Å². The van der Waals surface area contributed by atoms with Crippen molar-refractivity contribution in [1.82, 2.24) is 20.2 Å². The summed E-state index contributed by atoms with van der Waals surface area (Å²) in [7, 11) is 0. The Morgan fingerprint density at radius 1 is 1.04 bits per heavy atom. The minimum atomic E-state index is -0.222. The second-order valence-corrected chi connectivity index (χ2v) is 6.02. The van der Waals surface area contributed by atoms with Gasteiger partial charge in [0.05, 0.1) is 11.0 Å². The molecule has 2 aromatic heterocycles. The van der Waals surface area contributed by atoms with E-state index in [1.165, 1.54) is 5.56 Å². The number of rotatable bonds is 4. The highest BCUT2D eigenvalue weighted by Crippen LogP contribution is 2.24. The third kappa shape index (κ3) is 3.03. The standard InChI is InChI=1S/C18H17N5O2/c1-10-3-5-12(6-4-10)17-23-22-16(25-17)11(2)19-13-7-8-14-15(9-13)21-18(24)20-14/h3-9,11,19H,1-2H3,(H2,20,21,24). The smallest absolute Gasteiger partial charge is 0.323 e. The first-order chi connectivity index (χ1) is 12.1. The van der Waals surface area contributed by atoms with Crippen LogP contribution in [-0.2, 0) is 0 Å². The van der Waals surface area contributed by atoms with E-state index in [4.69, 9.17) is 4.42 Å². The van der Waals surface area contributed by atoms with Gasteiger partial charge < -0.3 is 19.7 Å². The topological polar surface area (TPSA) is 99.6 Å². The number of anilines is 1. The molecule has 7 heteroatoms. The molecule has 0 saturated heterocycles. The van der Waals surface area contributed by atoms with Crippen LogP contribution in [-0.4, -0.2) is 20.2 Å². The van der Waals surface area contributed by atoms with Gasteiger partial charge in [-0.15, -0.1) is 10.2 Å². The van der Waals surface area contributed by atoms with Crippen molar-refractivity contribution in [1.29, 1.82) is 0 Å². The second kappa shape index (κ2) is 5.94. The Balaban J connectivity index is 1.55. The van der Waals surface area contributed by atoms with Crippen molar-refractivity contribution in [2.75, 3.05) is 5.32 Å². The van der Waals surface area contributed by atoms with Crippen LogP contribution in [0.15, 0.2) is 51.7 Å². The highest BCUT2D eigenvalue weighted by molar-refractivity contribution is 5.78. The maximum absolute atomic E-state index is 11.3. The number of hydrogen-bond donors (Lipinski definition) is 3. The summed E-state index contributed by atoms with van der Waals surface area (Å²) in [6, 6.07) is 13.4. The fourth-order valence-electron chi connectivity index (χ4n) is 2.66. The van der Waals surface area contributed by atoms with Gasteiger partial charge in [-0.1, -0.05) is 17.7 Å². The summed E-state index contributed by atoms with van der Waals surface area (Å²) >= 11 is 0. The Labute approximate surface area is 143 Å². The molecule has 1 atom stereocenters. The van der Waals surface area contributed by atoms with Crippen LogP contribution in [0.25, 0.3) is 22.5 Å². The molecule has 0 aliphatic carbocycles. The van der Waals surface area contributed by atoms with Gasteiger partial charge in [0.1, 0.15) is 6.04 Å². The molecule has 0 amide bonds. The lowest BCUT2D eigenvalue weighted by molar-refractivity contribution is 0.485. The summed E-state index contributed by atoms with van der Waals surface area (Å²) in [5.41, 5.74) is 4.21. The number of H-pyrrole nitrogens is 2. The van der Waals surface area contributed by atoms with Crippen LogP contribution in [0, 0.1) is 6.92 Å². The molecule has 3 N–H and O–H groups in total. The lowest BCUT2D eigenvalue weighted by Gasteiger charge is -2.11. The molecule has 1 unspecified atom stereocenters. The van der Waals surface area contributed by atoms with Crippen molar-refractivity contribution in [3.05, 3.63) is 64.4 Å². The Morgan fingerprint density at radius 2 is 1.80 bits per heavy atom. The number of hydrogen-bond acceptors (Lipinski definition) is 5. The number of nitrogens with zero attached hydrogens (tertiary/aromatic N) is 2. The quantitative estimate of drug-likeness (QED) is 0.531. The summed E-state index contributed by atoms with van der Waals surface area (Å²) in [6.07, 6.45) is 0. The van der Waals surface area contributed by atoms with Gasteiger partial charge in [0.15, 0.2) is 0 Å². The summed E-state index contributed by atoms with van der Waals surface area (Å²) in [5, 5.41) is 11.6. The largest absolute Gasteiger partial charge is 0.418 e. The molecular formula is C18H17N5O2. The molecule has 0 fully saturated rings. The number of fused-ring (bicyclic) bond motifs is 1. The molecule has 4 aromatic rings. The molecule has 0 bridgehead atoms. The number of nitrogens with one attached hydrogen (secondary N) is 3. The summed E-state index contributed by atoms with van der Waals surface area (Å²) in [5.74, 6) is 0.993. The van der Waals surface area contributed by atoms with E-state index < -0.39 is 0 Å². The Morgan fingerprint density at radius 3 is 2.60 bits per heavy atom. The van der Waals surface area contributed by atoms with E-state index >= 15 is 0 Å². The number of benzene rings is 2. The van der Waals surface area contributed by atoms with Gasteiger partial charge in [0, 0.05) is 11.3 Å². The zero-order chi connectivity index (χ0) is 17.4. The minimum Gasteiger partial charge on any atom is -0.418 e. The lowest BCUT2D eigenvalue weighted by Crippen LogP contribution is -2.06. The molecule has 0 aliphatic heterocycles. The van der Waals surface area contributed by atoms with Crippen LogP contribution >= 0.6 is 0 Å². The van der Waals surface area contributed by atoms with E-state index in [9.17, 15) is 4.79 Å². The molecule has 0 aliphatic rings. The highest BCUT2D eigenvalue weighted by Gasteiger charge is 2.15. The first kappa shape index (κ1) is 15.2. The highest BCUT2D eigenvalue weighted by atomic mass is 16.4. The van der Waals surface area contributed by atoms with Crippen LogP contribution < -0.4 is 11.0 Å². The number of aryl methyl sites for hydroxylation is 1. The second-order valence-electron chi connectivity index (χ2n) is 6.02. The Bertz CT molecular complexity index is 1070. The molecular weight excluding hydrogens is 318 g/mol. The molecule has 2 heterocycles. The van der Waals surface area contributed by atoms with Crippen LogP contribution in [0.3, 0.4) is 0 Å². The van der Waals surface area contributed by atoms with Gasteiger partial charge in [-0.3, -0.25) is 0 Å². The third-order valence-corrected chi connectivity index (χ3v) is 4.01. The van der Waals surface area contributed by atoms with Crippen molar-refractivity contribution < 1.29 is 4.42 Å². The van der Waals surface area contributed by atoms with Gasteiger partial charge in [-0.2, -0.15) is 0 Å². The van der Waals surface area contributed by atoms with E-state index in [-0.39, 0.29) is 11.7 Å². The normalized spacial score (nSPS) is 12.4. The summed E-state index contributed by atoms with van der Waals surface area (Å²) in [4.78, 5) is 16.8. The van der Waals surface area contributed by atoms with Gasteiger partial charge in [-0.25, -0.2) is 4.79 Å². The zero-order valence-corrected chi connectivity index (χ0v) is 13.8. The van der Waals surface area contributed by atoms with Crippen LogP contribution in [0.4, 0.5) is 5.69 Å². The van der Waals surface area contributed by atoms with Gasteiger partial charge in [0.2, 0.25) is 11.8 Å². The summed E-state index contributed by atoms with van der Waals surface area (Å²) < 4.78 is 5.79. The molecule has 7 nitrogen and oxygen atoms in total. The molecule has 4 rings (SSSR count). The zero-order valence-electron chi connectivity index (χ0n) is 13.8. The fraction of sp³-hybridized carbons (Fsp3) is 0.167. The molecule has 126 valence electrons. The molecule has 0 saturated carbocycles. The third-order valence-electron chi connectivity index (χ3n) is 4.01. The van der Waals surface area contributed by atoms with E-state index in [1.54, 1.807) is 0 Å². The van der Waals surface area contributed by atoms with Crippen LogP contribution in [0.1, 0.15) is 24.4 Å². The number of imidazole rings is 1. The molecule has 0 spiro atoms. The molecule has 2 aromatic carbocycles. The monoisotopic (exact) mass is 335 g/mol. The van der Waals surface area contributed by atoms with E-state index in [0.29, 0.717) is 11.8 Å². The first-order valence-corrected chi connectivity index (χ1v) is 7.97. The first-order valence-electron chi connectivity index (χ1n) is 7.97. The predicted octanol–water partition coefficient (Wildman–Crippen LogP) is 3.39. The SMILES string of the molecule is Cc1ccc(-c2nnc(C(C)Nc3ccc4[nH]c(=O)[nH]c4c3)o2)cc1. The van der Waals surface area contributed by atoms with Gasteiger partial charge in [-0.05, 0) is 44.2 Å². The number of aromatic amines is 2. The lowest BCUT2D eigenvalue weighted by atomic mass is 10.1. The Hall–Kier alpha value is -3.35. The van der Waals surface area contributed by atoms with E-state index in [2.05, 4.69) is 25.5 Å². The fourth-order valence-corrected chi connectivity index (χ4v) is 2.66. The minimum absolute atomic E-state index is 0.171. The summed E-state index contributed by atoms with van der Waals surface area (Å²) in [6.45, 7) is 3.97. The van der Waals surface area contributed by atoms with Crippen molar-refractivity contribution in [2.45, 2.75) is 19.9 Å². The predicted molar refractivity (Wildman–Crippen MR) is 95.4 cm³/mol. The van der Waals surface area contributed by atoms with E-state index in [0.717, 1.165) is 22.3 Å². The van der Waals surface area contributed by atoms with Crippen LogP contribution in [0.2, 0.25) is 0 Å². The van der Waals surface area contributed by atoms with Gasteiger partial charge >= 0.3 is 5.69 Å². The average molecular weight is 335 g/mol. The molecule has 0 radical (unpaired) electrons. The number of aromatic nitrogens is 4.